The van der Waals surface area contributed by atoms with Crippen molar-refractivity contribution in [2.45, 2.75) is 12.8 Å². The molecule has 7 heteroatoms. The second kappa shape index (κ2) is 8.31. The molecule has 2 heterocycles. The predicted octanol–water partition coefficient (Wildman–Crippen LogP) is 4.16. The van der Waals surface area contributed by atoms with E-state index in [9.17, 15) is 4.79 Å². The van der Waals surface area contributed by atoms with Gasteiger partial charge in [-0.25, -0.2) is 4.98 Å². The number of thiazole rings is 1. The summed E-state index contributed by atoms with van der Waals surface area (Å²) >= 11 is 1.37. The Morgan fingerprint density at radius 1 is 1.21 bits per heavy atom. The first-order valence-electron chi connectivity index (χ1n) is 8.99. The number of amides is 1. The lowest BCUT2D eigenvalue weighted by molar-refractivity contribution is -0.118. The molecule has 1 aromatic heterocycles. The molecule has 0 bridgehead atoms. The zero-order valence-electron chi connectivity index (χ0n) is 15.4. The molecule has 0 saturated heterocycles. The van der Waals surface area contributed by atoms with E-state index in [1.807, 2.05) is 47.8 Å². The van der Waals surface area contributed by atoms with Crippen molar-refractivity contribution < 1.29 is 19.0 Å². The van der Waals surface area contributed by atoms with Crippen LogP contribution in [0.5, 0.6) is 17.2 Å². The van der Waals surface area contributed by atoms with Gasteiger partial charge in [0.15, 0.2) is 11.7 Å². The van der Waals surface area contributed by atoms with Crippen LogP contribution in [-0.2, 0) is 11.2 Å². The largest absolute Gasteiger partial charge is 0.497 e. The number of aryl methyl sites for hydroxylation is 1. The van der Waals surface area contributed by atoms with E-state index in [4.69, 9.17) is 14.2 Å². The van der Waals surface area contributed by atoms with Gasteiger partial charge in [-0.2, -0.15) is 0 Å². The molecule has 4 rings (SSSR count). The Morgan fingerprint density at radius 2 is 2.04 bits per heavy atom. The quantitative estimate of drug-likeness (QED) is 0.677. The molecule has 1 N–H and O–H groups in total. The van der Waals surface area contributed by atoms with Crippen LogP contribution in [0, 0.1) is 0 Å². The van der Waals surface area contributed by atoms with E-state index in [0.717, 1.165) is 42.2 Å². The van der Waals surface area contributed by atoms with Gasteiger partial charge in [0, 0.05) is 17.0 Å². The Bertz CT molecular complexity index is 969. The normalized spacial score (nSPS) is 12.6. The number of hydrogen-bond acceptors (Lipinski definition) is 6. The van der Waals surface area contributed by atoms with Crippen LogP contribution in [0.2, 0.25) is 0 Å². The van der Waals surface area contributed by atoms with Crippen LogP contribution in [0.4, 0.5) is 5.13 Å². The SMILES string of the molecule is COc1ccc(-c2csc(NC(=O)COc3ccc4c(c3)OCCC4)n2)cc1. The van der Waals surface area contributed by atoms with Crippen molar-refractivity contribution >= 4 is 22.4 Å². The molecule has 0 fully saturated rings. The minimum Gasteiger partial charge on any atom is -0.497 e. The fourth-order valence-electron chi connectivity index (χ4n) is 2.94. The number of carbonyl (C=O) groups excluding carboxylic acids is 1. The Balaban J connectivity index is 1.33. The van der Waals surface area contributed by atoms with E-state index in [0.29, 0.717) is 10.9 Å². The fourth-order valence-corrected chi connectivity index (χ4v) is 3.68. The molecule has 0 unspecified atom stereocenters. The van der Waals surface area contributed by atoms with Gasteiger partial charge in [-0.1, -0.05) is 6.07 Å². The number of benzene rings is 2. The average Bonchev–Trinajstić information content (AvgIpc) is 3.20. The molecule has 0 aliphatic carbocycles. The lowest BCUT2D eigenvalue weighted by atomic mass is 10.1. The van der Waals surface area contributed by atoms with Crippen molar-refractivity contribution in [2.75, 3.05) is 25.6 Å². The number of ether oxygens (including phenoxy) is 3. The Hall–Kier alpha value is -3.06. The number of anilines is 1. The standard InChI is InChI=1S/C21H20N2O4S/c1-25-16-7-4-14(5-8-16)18-13-28-21(22-18)23-20(24)12-27-17-9-6-15-3-2-10-26-19(15)11-17/h4-9,11,13H,2-3,10,12H2,1H3,(H,22,23,24). The topological polar surface area (TPSA) is 69.7 Å². The van der Waals surface area contributed by atoms with Crippen LogP contribution >= 0.6 is 11.3 Å². The van der Waals surface area contributed by atoms with Gasteiger partial charge in [0.1, 0.15) is 17.2 Å². The van der Waals surface area contributed by atoms with Crippen molar-refractivity contribution in [1.29, 1.82) is 0 Å². The number of rotatable bonds is 6. The van der Waals surface area contributed by atoms with Gasteiger partial charge in [0.05, 0.1) is 19.4 Å². The number of aromatic nitrogens is 1. The molecule has 2 aromatic carbocycles. The minimum absolute atomic E-state index is 0.0871. The maximum absolute atomic E-state index is 12.2. The summed E-state index contributed by atoms with van der Waals surface area (Å²) in [5.74, 6) is 1.99. The molecular formula is C21H20N2O4S. The van der Waals surface area contributed by atoms with E-state index in [1.165, 1.54) is 16.9 Å². The smallest absolute Gasteiger partial charge is 0.264 e. The van der Waals surface area contributed by atoms with Crippen LogP contribution in [-0.4, -0.2) is 31.2 Å². The molecule has 3 aromatic rings. The molecule has 0 radical (unpaired) electrons. The lowest BCUT2D eigenvalue weighted by Crippen LogP contribution is -2.20. The summed E-state index contributed by atoms with van der Waals surface area (Å²) in [6, 6.07) is 13.3. The number of methoxy groups -OCH3 is 1. The van der Waals surface area contributed by atoms with Crippen molar-refractivity contribution in [1.82, 2.24) is 4.98 Å². The number of nitrogens with one attached hydrogen (secondary N) is 1. The Labute approximate surface area is 167 Å². The van der Waals surface area contributed by atoms with Gasteiger partial charge < -0.3 is 14.2 Å². The van der Waals surface area contributed by atoms with Crippen molar-refractivity contribution in [3.8, 4) is 28.5 Å². The second-order valence-electron chi connectivity index (χ2n) is 6.32. The van der Waals surface area contributed by atoms with Crippen LogP contribution < -0.4 is 19.5 Å². The number of fused-ring (bicyclic) bond motifs is 1. The van der Waals surface area contributed by atoms with Crippen molar-refractivity contribution in [2.24, 2.45) is 0 Å². The first kappa shape index (κ1) is 18.3. The van der Waals surface area contributed by atoms with Crippen LogP contribution in [0.3, 0.4) is 0 Å². The maximum Gasteiger partial charge on any atom is 0.264 e. The molecule has 28 heavy (non-hydrogen) atoms. The molecule has 6 nitrogen and oxygen atoms in total. The number of nitrogens with zero attached hydrogens (tertiary/aromatic N) is 1. The Kier molecular flexibility index (Phi) is 5.43. The van der Waals surface area contributed by atoms with Crippen LogP contribution in [0.1, 0.15) is 12.0 Å². The summed E-state index contributed by atoms with van der Waals surface area (Å²) < 4.78 is 16.4. The van der Waals surface area contributed by atoms with Crippen molar-refractivity contribution in [3.05, 3.63) is 53.4 Å². The first-order chi connectivity index (χ1) is 13.7. The second-order valence-corrected chi connectivity index (χ2v) is 7.18. The highest BCUT2D eigenvalue weighted by molar-refractivity contribution is 7.14. The predicted molar refractivity (Wildman–Crippen MR) is 108 cm³/mol. The zero-order valence-corrected chi connectivity index (χ0v) is 16.3. The van der Waals surface area contributed by atoms with Crippen LogP contribution in [0.25, 0.3) is 11.3 Å². The highest BCUT2D eigenvalue weighted by Crippen LogP contribution is 2.29. The first-order valence-corrected chi connectivity index (χ1v) is 9.87. The summed E-state index contributed by atoms with van der Waals surface area (Å²) in [5.41, 5.74) is 2.94. The van der Waals surface area contributed by atoms with Gasteiger partial charge >= 0.3 is 0 Å². The monoisotopic (exact) mass is 396 g/mol. The summed E-state index contributed by atoms with van der Waals surface area (Å²) in [6.07, 6.45) is 2.04. The summed E-state index contributed by atoms with van der Waals surface area (Å²) in [6.45, 7) is 0.633. The number of hydrogen-bond donors (Lipinski definition) is 1. The minimum atomic E-state index is -0.255. The molecule has 1 aliphatic heterocycles. The third kappa shape index (κ3) is 4.26. The molecule has 0 saturated carbocycles. The van der Waals surface area contributed by atoms with Gasteiger partial charge in [0.2, 0.25) is 0 Å². The number of carbonyl (C=O) groups is 1. The summed E-state index contributed by atoms with van der Waals surface area (Å²) in [5, 5.41) is 5.21. The summed E-state index contributed by atoms with van der Waals surface area (Å²) in [4.78, 5) is 16.6. The van der Waals surface area contributed by atoms with E-state index in [1.54, 1.807) is 7.11 Å². The van der Waals surface area contributed by atoms with E-state index < -0.39 is 0 Å². The molecule has 1 aliphatic rings. The Morgan fingerprint density at radius 3 is 2.86 bits per heavy atom. The van der Waals surface area contributed by atoms with Gasteiger partial charge in [-0.3, -0.25) is 10.1 Å². The van der Waals surface area contributed by atoms with E-state index >= 15 is 0 Å². The molecule has 0 spiro atoms. The van der Waals surface area contributed by atoms with Gasteiger partial charge in [-0.05, 0) is 48.7 Å². The van der Waals surface area contributed by atoms with Gasteiger partial charge in [0.25, 0.3) is 5.91 Å². The maximum atomic E-state index is 12.2. The molecular weight excluding hydrogens is 376 g/mol. The van der Waals surface area contributed by atoms with Crippen LogP contribution in [0.15, 0.2) is 47.8 Å². The molecule has 144 valence electrons. The zero-order chi connectivity index (χ0) is 19.3. The third-order valence-corrected chi connectivity index (χ3v) is 5.15. The third-order valence-electron chi connectivity index (χ3n) is 4.39. The highest BCUT2D eigenvalue weighted by atomic mass is 32.1. The average molecular weight is 396 g/mol. The lowest BCUT2D eigenvalue weighted by Gasteiger charge is -2.17. The van der Waals surface area contributed by atoms with E-state index in [2.05, 4.69) is 10.3 Å². The molecule has 0 atom stereocenters. The van der Waals surface area contributed by atoms with E-state index in [-0.39, 0.29) is 12.5 Å². The van der Waals surface area contributed by atoms with Gasteiger partial charge in [-0.15, -0.1) is 11.3 Å². The summed E-state index contributed by atoms with van der Waals surface area (Å²) in [7, 11) is 1.63. The van der Waals surface area contributed by atoms with Crippen molar-refractivity contribution in [3.63, 3.8) is 0 Å². The highest BCUT2D eigenvalue weighted by Gasteiger charge is 2.13. The fraction of sp³-hybridized carbons (Fsp3) is 0.238. The molecule has 1 amide bonds.